The lowest BCUT2D eigenvalue weighted by Gasteiger charge is -2.31. The molecule has 27 heavy (non-hydrogen) atoms. The number of rotatable bonds is 6. The first-order valence-corrected chi connectivity index (χ1v) is 8.67. The van der Waals surface area contributed by atoms with Crippen molar-refractivity contribution in [1.82, 2.24) is 4.90 Å². The third-order valence-electron chi connectivity index (χ3n) is 4.22. The fraction of sp³-hybridized carbons (Fsp3) is 0.286. The highest BCUT2D eigenvalue weighted by Gasteiger charge is 2.30. The van der Waals surface area contributed by atoms with Gasteiger partial charge in [0.05, 0.1) is 12.8 Å². The zero-order chi connectivity index (χ0) is 18.5. The Balaban J connectivity index is 0.00000261. The van der Waals surface area contributed by atoms with Crippen LogP contribution in [0.4, 0.5) is 5.69 Å². The number of anilines is 1. The molecule has 1 amide bonds. The Bertz CT molecular complexity index is 806. The van der Waals surface area contributed by atoms with E-state index in [1.807, 2.05) is 62.6 Å². The van der Waals surface area contributed by atoms with E-state index in [-0.39, 0.29) is 18.3 Å². The third kappa shape index (κ3) is 5.02. The second-order valence-electron chi connectivity index (χ2n) is 6.47. The van der Waals surface area contributed by atoms with E-state index in [0.29, 0.717) is 23.8 Å². The SMILES string of the molecule is COc1ccc2c(c1)N(CCCN(C)C)C(=O)/C(=C/c1ccccc1)O2.Cl. The van der Waals surface area contributed by atoms with Crippen LogP contribution in [-0.2, 0) is 4.79 Å². The van der Waals surface area contributed by atoms with Crippen LogP contribution in [0.3, 0.4) is 0 Å². The van der Waals surface area contributed by atoms with Gasteiger partial charge in [0.25, 0.3) is 5.91 Å². The topological polar surface area (TPSA) is 42.0 Å². The Hall–Kier alpha value is -2.50. The molecule has 0 N–H and O–H groups in total. The number of ether oxygens (including phenoxy) is 2. The van der Waals surface area contributed by atoms with Crippen molar-refractivity contribution in [3.63, 3.8) is 0 Å². The Kier molecular flexibility index (Phi) is 7.28. The fourth-order valence-corrected chi connectivity index (χ4v) is 2.88. The molecule has 0 fully saturated rings. The first-order chi connectivity index (χ1) is 12.6. The van der Waals surface area contributed by atoms with Crippen LogP contribution in [0, 0.1) is 0 Å². The molecule has 0 bridgehead atoms. The summed E-state index contributed by atoms with van der Waals surface area (Å²) in [6.45, 7) is 1.52. The van der Waals surface area contributed by atoms with E-state index < -0.39 is 0 Å². The molecule has 2 aromatic rings. The van der Waals surface area contributed by atoms with Gasteiger partial charge in [-0.3, -0.25) is 4.79 Å². The number of benzene rings is 2. The van der Waals surface area contributed by atoms with Crippen molar-refractivity contribution >= 4 is 30.1 Å². The van der Waals surface area contributed by atoms with Gasteiger partial charge in [0.15, 0.2) is 11.5 Å². The largest absolute Gasteiger partial charge is 0.497 e. The molecule has 1 aliphatic rings. The van der Waals surface area contributed by atoms with Crippen LogP contribution >= 0.6 is 12.4 Å². The van der Waals surface area contributed by atoms with E-state index in [1.54, 1.807) is 18.1 Å². The summed E-state index contributed by atoms with van der Waals surface area (Å²) in [4.78, 5) is 16.9. The molecule has 0 radical (unpaired) electrons. The van der Waals surface area contributed by atoms with Gasteiger partial charge in [0.2, 0.25) is 0 Å². The second-order valence-corrected chi connectivity index (χ2v) is 6.47. The number of hydrogen-bond acceptors (Lipinski definition) is 4. The Morgan fingerprint density at radius 2 is 1.89 bits per heavy atom. The predicted molar refractivity (Wildman–Crippen MR) is 111 cm³/mol. The first-order valence-electron chi connectivity index (χ1n) is 8.67. The fourth-order valence-electron chi connectivity index (χ4n) is 2.88. The summed E-state index contributed by atoms with van der Waals surface area (Å²) in [5.74, 6) is 1.57. The van der Waals surface area contributed by atoms with Gasteiger partial charge in [-0.2, -0.15) is 0 Å². The smallest absolute Gasteiger partial charge is 0.294 e. The molecular weight excluding hydrogens is 364 g/mol. The van der Waals surface area contributed by atoms with Crippen molar-refractivity contribution in [1.29, 1.82) is 0 Å². The van der Waals surface area contributed by atoms with Crippen molar-refractivity contribution in [3.05, 3.63) is 59.9 Å². The van der Waals surface area contributed by atoms with Crippen LogP contribution in [0.15, 0.2) is 54.3 Å². The highest BCUT2D eigenvalue weighted by molar-refractivity contribution is 6.10. The summed E-state index contributed by atoms with van der Waals surface area (Å²) < 4.78 is 11.2. The second kappa shape index (κ2) is 9.44. The molecule has 0 saturated carbocycles. The molecule has 144 valence electrons. The number of fused-ring (bicyclic) bond motifs is 1. The molecule has 6 heteroatoms. The Morgan fingerprint density at radius 1 is 1.15 bits per heavy atom. The van der Waals surface area contributed by atoms with Crippen molar-refractivity contribution in [2.24, 2.45) is 0 Å². The number of nitrogens with zero attached hydrogens (tertiary/aromatic N) is 2. The maximum absolute atomic E-state index is 13.0. The van der Waals surface area contributed by atoms with Gasteiger partial charge in [-0.05, 0) is 50.8 Å². The van der Waals surface area contributed by atoms with Gasteiger partial charge in [-0.15, -0.1) is 12.4 Å². The molecule has 0 saturated heterocycles. The van der Waals surface area contributed by atoms with Crippen LogP contribution in [0.2, 0.25) is 0 Å². The third-order valence-corrected chi connectivity index (χ3v) is 4.22. The summed E-state index contributed by atoms with van der Waals surface area (Å²) in [6, 6.07) is 15.3. The summed E-state index contributed by atoms with van der Waals surface area (Å²) in [7, 11) is 5.67. The molecule has 5 nitrogen and oxygen atoms in total. The van der Waals surface area contributed by atoms with Gasteiger partial charge in [0.1, 0.15) is 5.75 Å². The maximum atomic E-state index is 13.0. The zero-order valence-electron chi connectivity index (χ0n) is 15.8. The van der Waals surface area contributed by atoms with E-state index in [9.17, 15) is 4.79 Å². The number of halogens is 1. The average Bonchev–Trinajstić information content (AvgIpc) is 2.65. The summed E-state index contributed by atoms with van der Waals surface area (Å²) in [5.41, 5.74) is 1.68. The standard InChI is InChI=1S/C21H24N2O3.ClH/c1-22(2)12-7-13-23-18-15-17(25-3)10-11-19(18)26-20(21(23)24)14-16-8-5-4-6-9-16;/h4-6,8-11,14-15H,7,12-13H2,1-3H3;1H/b20-14-;. The van der Waals surface area contributed by atoms with E-state index in [4.69, 9.17) is 9.47 Å². The van der Waals surface area contributed by atoms with Gasteiger partial charge >= 0.3 is 0 Å². The number of carbonyl (C=O) groups excluding carboxylic acids is 1. The van der Waals surface area contributed by atoms with Crippen LogP contribution < -0.4 is 14.4 Å². The summed E-state index contributed by atoms with van der Waals surface area (Å²) >= 11 is 0. The quantitative estimate of drug-likeness (QED) is 0.705. The number of methoxy groups -OCH3 is 1. The minimum Gasteiger partial charge on any atom is -0.497 e. The van der Waals surface area contributed by atoms with E-state index in [1.165, 1.54) is 0 Å². The zero-order valence-corrected chi connectivity index (χ0v) is 16.7. The van der Waals surface area contributed by atoms with Gasteiger partial charge < -0.3 is 19.3 Å². The number of hydrogen-bond donors (Lipinski definition) is 0. The van der Waals surface area contributed by atoms with Gasteiger partial charge in [-0.25, -0.2) is 0 Å². The predicted octanol–water partition coefficient (Wildman–Crippen LogP) is 3.84. The molecule has 1 aliphatic heterocycles. The minimum absolute atomic E-state index is 0. The molecule has 0 aliphatic carbocycles. The number of amides is 1. The van der Waals surface area contributed by atoms with Crippen molar-refractivity contribution in [2.45, 2.75) is 6.42 Å². The molecule has 0 unspecified atom stereocenters. The molecule has 0 aromatic heterocycles. The molecule has 2 aromatic carbocycles. The van der Waals surface area contributed by atoms with Crippen molar-refractivity contribution in [3.8, 4) is 11.5 Å². The molecule has 1 heterocycles. The highest BCUT2D eigenvalue weighted by Crippen LogP contribution is 2.38. The lowest BCUT2D eigenvalue weighted by Crippen LogP contribution is -2.38. The highest BCUT2D eigenvalue weighted by atomic mass is 35.5. The Labute approximate surface area is 166 Å². The van der Waals surface area contributed by atoms with Crippen LogP contribution in [-0.4, -0.2) is 45.1 Å². The normalized spacial score (nSPS) is 14.6. The van der Waals surface area contributed by atoms with Crippen LogP contribution in [0.1, 0.15) is 12.0 Å². The molecule has 3 rings (SSSR count). The Morgan fingerprint density at radius 3 is 2.56 bits per heavy atom. The van der Waals surface area contributed by atoms with Crippen LogP contribution in [0.25, 0.3) is 6.08 Å². The molecular formula is C21H25ClN2O3. The van der Waals surface area contributed by atoms with Gasteiger partial charge in [-0.1, -0.05) is 30.3 Å². The van der Waals surface area contributed by atoms with Crippen molar-refractivity contribution in [2.75, 3.05) is 39.2 Å². The lowest BCUT2D eigenvalue weighted by molar-refractivity contribution is -0.117. The van der Waals surface area contributed by atoms with E-state index >= 15 is 0 Å². The maximum Gasteiger partial charge on any atom is 0.294 e. The van der Waals surface area contributed by atoms with E-state index in [2.05, 4.69) is 4.90 Å². The monoisotopic (exact) mass is 388 g/mol. The molecule has 0 atom stereocenters. The lowest BCUT2D eigenvalue weighted by atomic mass is 10.1. The van der Waals surface area contributed by atoms with Crippen molar-refractivity contribution < 1.29 is 14.3 Å². The first kappa shape index (κ1) is 20.8. The summed E-state index contributed by atoms with van der Waals surface area (Å²) in [5, 5.41) is 0. The van der Waals surface area contributed by atoms with Crippen LogP contribution in [0.5, 0.6) is 11.5 Å². The summed E-state index contributed by atoms with van der Waals surface area (Å²) in [6.07, 6.45) is 2.66. The molecule has 0 spiro atoms. The minimum atomic E-state index is -0.131. The average molecular weight is 389 g/mol. The van der Waals surface area contributed by atoms with E-state index in [0.717, 1.165) is 24.2 Å². The van der Waals surface area contributed by atoms with Gasteiger partial charge in [0, 0.05) is 12.6 Å². The number of carbonyl (C=O) groups is 1.